The maximum absolute atomic E-state index is 3.57. The molecule has 2 saturated heterocycles. The second-order valence-electron chi connectivity index (χ2n) is 5.88. The van der Waals surface area contributed by atoms with E-state index in [-0.39, 0.29) is 0 Å². The topological polar surface area (TPSA) is 15.3 Å². The lowest BCUT2D eigenvalue weighted by Crippen LogP contribution is -2.53. The third kappa shape index (κ3) is 1.53. The van der Waals surface area contributed by atoms with Crippen LogP contribution in [0.5, 0.6) is 0 Å². The lowest BCUT2D eigenvalue weighted by atomic mass is 9.78. The summed E-state index contributed by atoms with van der Waals surface area (Å²) in [5.74, 6) is 1.01. The highest BCUT2D eigenvalue weighted by molar-refractivity contribution is 5.04. The average molecular weight is 208 g/mol. The zero-order chi connectivity index (χ0) is 10.3. The van der Waals surface area contributed by atoms with E-state index >= 15 is 0 Å². The van der Waals surface area contributed by atoms with Crippen molar-refractivity contribution in [3.8, 4) is 0 Å². The van der Waals surface area contributed by atoms with Gasteiger partial charge >= 0.3 is 0 Å². The number of rotatable bonds is 2. The van der Waals surface area contributed by atoms with E-state index < -0.39 is 0 Å². The highest BCUT2D eigenvalue weighted by atomic mass is 15.3. The molecule has 0 bridgehead atoms. The van der Waals surface area contributed by atoms with Crippen LogP contribution in [0.2, 0.25) is 0 Å². The first-order valence-electron chi connectivity index (χ1n) is 6.79. The van der Waals surface area contributed by atoms with Gasteiger partial charge in [-0.05, 0) is 58.0 Å². The number of hydrogen-bond acceptors (Lipinski definition) is 2. The van der Waals surface area contributed by atoms with Crippen LogP contribution in [0.3, 0.4) is 0 Å². The molecular formula is C13H24N2. The molecule has 1 spiro atoms. The SMILES string of the molecule is CC(C1CCC1)N1CCCC12CCNC2. The second kappa shape index (κ2) is 3.74. The molecule has 0 amide bonds. The van der Waals surface area contributed by atoms with Crippen LogP contribution in [0.15, 0.2) is 0 Å². The first-order chi connectivity index (χ1) is 7.32. The Morgan fingerprint density at radius 2 is 2.13 bits per heavy atom. The van der Waals surface area contributed by atoms with Gasteiger partial charge in [-0.1, -0.05) is 6.42 Å². The van der Waals surface area contributed by atoms with E-state index in [0.29, 0.717) is 5.54 Å². The minimum Gasteiger partial charge on any atom is -0.315 e. The van der Waals surface area contributed by atoms with Crippen LogP contribution in [-0.4, -0.2) is 36.1 Å². The van der Waals surface area contributed by atoms with Crippen molar-refractivity contribution in [2.75, 3.05) is 19.6 Å². The maximum atomic E-state index is 3.57. The van der Waals surface area contributed by atoms with E-state index in [9.17, 15) is 0 Å². The van der Waals surface area contributed by atoms with Crippen LogP contribution in [0.25, 0.3) is 0 Å². The Labute approximate surface area is 93.4 Å². The lowest BCUT2D eigenvalue weighted by Gasteiger charge is -2.45. The molecule has 1 saturated carbocycles. The minimum atomic E-state index is 0.564. The zero-order valence-electron chi connectivity index (χ0n) is 9.97. The normalized spacial score (nSPS) is 39.8. The van der Waals surface area contributed by atoms with Crippen molar-refractivity contribution in [2.24, 2.45) is 5.92 Å². The maximum Gasteiger partial charge on any atom is 0.0349 e. The molecule has 2 atom stereocenters. The molecule has 86 valence electrons. The molecule has 3 aliphatic rings. The highest BCUT2D eigenvalue weighted by Crippen LogP contribution is 2.41. The summed E-state index contributed by atoms with van der Waals surface area (Å²) >= 11 is 0. The molecule has 1 aliphatic carbocycles. The second-order valence-corrected chi connectivity index (χ2v) is 5.88. The third-order valence-electron chi connectivity index (χ3n) is 5.20. The zero-order valence-corrected chi connectivity index (χ0v) is 9.97. The van der Waals surface area contributed by atoms with E-state index in [2.05, 4.69) is 17.1 Å². The fourth-order valence-corrected chi connectivity index (χ4v) is 3.96. The molecule has 0 radical (unpaired) electrons. The Kier molecular flexibility index (Phi) is 2.52. The Morgan fingerprint density at radius 1 is 1.27 bits per heavy atom. The summed E-state index contributed by atoms with van der Waals surface area (Å²) in [5, 5.41) is 3.57. The summed E-state index contributed by atoms with van der Waals surface area (Å²) in [5.41, 5.74) is 0.564. The van der Waals surface area contributed by atoms with Crippen molar-refractivity contribution in [3.05, 3.63) is 0 Å². The standard InChI is InChI=1S/C13H24N2/c1-11(12-4-2-5-12)15-9-3-6-13(15)7-8-14-10-13/h11-12,14H,2-10H2,1H3. The molecule has 2 heteroatoms. The van der Waals surface area contributed by atoms with Gasteiger partial charge < -0.3 is 5.32 Å². The highest BCUT2D eigenvalue weighted by Gasteiger charge is 2.46. The van der Waals surface area contributed by atoms with Gasteiger partial charge in [0.1, 0.15) is 0 Å². The van der Waals surface area contributed by atoms with Crippen molar-refractivity contribution >= 4 is 0 Å². The first kappa shape index (κ1) is 10.1. The fourth-order valence-electron chi connectivity index (χ4n) is 3.96. The van der Waals surface area contributed by atoms with Gasteiger partial charge in [-0.15, -0.1) is 0 Å². The van der Waals surface area contributed by atoms with Gasteiger partial charge in [0, 0.05) is 18.1 Å². The van der Waals surface area contributed by atoms with Gasteiger partial charge in [-0.2, -0.15) is 0 Å². The largest absolute Gasteiger partial charge is 0.315 e. The van der Waals surface area contributed by atoms with Gasteiger partial charge in [0.05, 0.1) is 0 Å². The monoisotopic (exact) mass is 208 g/mol. The van der Waals surface area contributed by atoms with Gasteiger partial charge in [-0.3, -0.25) is 4.90 Å². The van der Waals surface area contributed by atoms with Crippen LogP contribution < -0.4 is 5.32 Å². The van der Waals surface area contributed by atoms with Crippen molar-refractivity contribution < 1.29 is 0 Å². The predicted octanol–water partition coefficient (Wildman–Crippen LogP) is 2.00. The van der Waals surface area contributed by atoms with E-state index in [1.54, 1.807) is 0 Å². The molecule has 2 heterocycles. The van der Waals surface area contributed by atoms with Crippen LogP contribution in [0, 0.1) is 5.92 Å². The Bertz CT molecular complexity index is 223. The quantitative estimate of drug-likeness (QED) is 0.747. The van der Waals surface area contributed by atoms with Crippen LogP contribution in [0.1, 0.15) is 45.4 Å². The predicted molar refractivity (Wildman–Crippen MR) is 63.0 cm³/mol. The van der Waals surface area contributed by atoms with Crippen molar-refractivity contribution in [2.45, 2.75) is 57.0 Å². The van der Waals surface area contributed by atoms with Crippen LogP contribution >= 0.6 is 0 Å². The molecule has 2 unspecified atom stereocenters. The van der Waals surface area contributed by atoms with Gasteiger partial charge in [-0.25, -0.2) is 0 Å². The van der Waals surface area contributed by atoms with Gasteiger partial charge in [0.15, 0.2) is 0 Å². The Hall–Kier alpha value is -0.0800. The number of likely N-dealkylation sites (tertiary alicyclic amines) is 1. The smallest absolute Gasteiger partial charge is 0.0349 e. The van der Waals surface area contributed by atoms with Gasteiger partial charge in [0.25, 0.3) is 0 Å². The Morgan fingerprint density at radius 3 is 2.73 bits per heavy atom. The van der Waals surface area contributed by atoms with Crippen LogP contribution in [-0.2, 0) is 0 Å². The summed E-state index contributed by atoms with van der Waals surface area (Å²) in [6.45, 7) is 6.34. The summed E-state index contributed by atoms with van der Waals surface area (Å²) in [6, 6.07) is 0.848. The van der Waals surface area contributed by atoms with E-state index in [4.69, 9.17) is 0 Å². The van der Waals surface area contributed by atoms with E-state index in [1.807, 2.05) is 0 Å². The average Bonchev–Trinajstić information content (AvgIpc) is 2.74. The summed E-state index contributed by atoms with van der Waals surface area (Å²) < 4.78 is 0. The molecule has 2 nitrogen and oxygen atoms in total. The summed E-state index contributed by atoms with van der Waals surface area (Å²) in [6.07, 6.45) is 8.72. The molecule has 0 aromatic heterocycles. The fraction of sp³-hybridized carbons (Fsp3) is 1.00. The third-order valence-corrected chi connectivity index (χ3v) is 5.20. The number of nitrogens with one attached hydrogen (secondary N) is 1. The molecule has 1 N–H and O–H groups in total. The van der Waals surface area contributed by atoms with Crippen molar-refractivity contribution in [3.63, 3.8) is 0 Å². The molecule has 15 heavy (non-hydrogen) atoms. The molecule has 3 rings (SSSR count). The first-order valence-corrected chi connectivity index (χ1v) is 6.79. The summed E-state index contributed by atoms with van der Waals surface area (Å²) in [7, 11) is 0. The molecule has 0 aromatic carbocycles. The Balaban J connectivity index is 1.72. The van der Waals surface area contributed by atoms with Gasteiger partial charge in [0.2, 0.25) is 0 Å². The number of hydrogen-bond donors (Lipinski definition) is 1. The lowest BCUT2D eigenvalue weighted by molar-refractivity contribution is 0.0484. The molecular weight excluding hydrogens is 184 g/mol. The summed E-state index contributed by atoms with van der Waals surface area (Å²) in [4.78, 5) is 2.86. The van der Waals surface area contributed by atoms with E-state index in [1.165, 1.54) is 58.2 Å². The van der Waals surface area contributed by atoms with Crippen LogP contribution in [0.4, 0.5) is 0 Å². The number of nitrogens with zero attached hydrogens (tertiary/aromatic N) is 1. The molecule has 3 fully saturated rings. The van der Waals surface area contributed by atoms with Crippen molar-refractivity contribution in [1.82, 2.24) is 10.2 Å². The van der Waals surface area contributed by atoms with E-state index in [0.717, 1.165) is 12.0 Å². The molecule has 2 aliphatic heterocycles. The van der Waals surface area contributed by atoms with Crippen molar-refractivity contribution in [1.29, 1.82) is 0 Å². The minimum absolute atomic E-state index is 0.564. The molecule has 0 aromatic rings.